The predicted molar refractivity (Wildman–Crippen MR) is 70.0 cm³/mol. The molecule has 0 aromatic carbocycles. The highest BCUT2D eigenvalue weighted by atomic mass is 32.1. The van der Waals surface area contributed by atoms with E-state index in [1.807, 2.05) is 41.1 Å². The number of pyridine rings is 1. The first-order valence-electron chi connectivity index (χ1n) is 5.40. The number of carbonyl (C=O) groups is 1. The summed E-state index contributed by atoms with van der Waals surface area (Å²) < 4.78 is 1.89. The molecule has 0 bridgehead atoms. The van der Waals surface area contributed by atoms with Gasteiger partial charge in [-0.2, -0.15) is 0 Å². The van der Waals surface area contributed by atoms with Crippen LogP contribution in [0.1, 0.15) is 16.3 Å². The second-order valence-electron chi connectivity index (χ2n) is 3.75. The zero-order valence-electron chi connectivity index (χ0n) is 9.62. The van der Waals surface area contributed by atoms with Crippen molar-refractivity contribution < 1.29 is 4.79 Å². The summed E-state index contributed by atoms with van der Waals surface area (Å²) in [5.74, 6) is 0.552. The van der Waals surface area contributed by atoms with Crippen molar-refractivity contribution >= 4 is 27.9 Å². The maximum Gasteiger partial charge on any atom is 0.278 e. The standard InChI is InChI=1S/C12H10N4OS/c1-8-14-10(9-4-2-3-6-16(8)9)11(17)15-12-13-5-7-18-12/h2-7H,1H3,(H,13,15,17). The molecule has 0 saturated heterocycles. The maximum atomic E-state index is 12.1. The van der Waals surface area contributed by atoms with Crippen molar-refractivity contribution in [3.8, 4) is 0 Å². The van der Waals surface area contributed by atoms with Crippen LogP contribution in [0.2, 0.25) is 0 Å². The molecule has 3 aromatic rings. The summed E-state index contributed by atoms with van der Waals surface area (Å²) in [7, 11) is 0. The van der Waals surface area contributed by atoms with Crippen molar-refractivity contribution in [3.63, 3.8) is 0 Å². The fourth-order valence-corrected chi connectivity index (χ4v) is 2.32. The van der Waals surface area contributed by atoms with Gasteiger partial charge in [0.2, 0.25) is 0 Å². The predicted octanol–water partition coefficient (Wildman–Crippen LogP) is 2.35. The SMILES string of the molecule is Cc1nc(C(=O)Nc2nccs2)c2ccccn12. The van der Waals surface area contributed by atoms with Gasteiger partial charge in [0.15, 0.2) is 10.8 Å². The average molecular weight is 258 g/mol. The molecule has 3 heterocycles. The van der Waals surface area contributed by atoms with E-state index in [1.165, 1.54) is 11.3 Å². The number of hydrogen-bond donors (Lipinski definition) is 1. The molecule has 90 valence electrons. The molecule has 0 saturated carbocycles. The zero-order valence-corrected chi connectivity index (χ0v) is 10.4. The third kappa shape index (κ3) is 1.76. The Morgan fingerprint density at radius 2 is 2.33 bits per heavy atom. The van der Waals surface area contributed by atoms with Crippen LogP contribution >= 0.6 is 11.3 Å². The number of aromatic nitrogens is 3. The van der Waals surface area contributed by atoms with Crippen LogP contribution in [0, 0.1) is 6.92 Å². The number of nitrogens with one attached hydrogen (secondary N) is 1. The van der Waals surface area contributed by atoms with E-state index >= 15 is 0 Å². The molecule has 18 heavy (non-hydrogen) atoms. The highest BCUT2D eigenvalue weighted by Gasteiger charge is 2.16. The Morgan fingerprint density at radius 3 is 3.11 bits per heavy atom. The molecular weight excluding hydrogens is 248 g/mol. The molecule has 5 nitrogen and oxygen atoms in total. The summed E-state index contributed by atoms with van der Waals surface area (Å²) >= 11 is 1.38. The second-order valence-corrected chi connectivity index (χ2v) is 4.65. The van der Waals surface area contributed by atoms with Gasteiger partial charge in [0.1, 0.15) is 5.82 Å². The summed E-state index contributed by atoms with van der Waals surface area (Å²) in [5.41, 5.74) is 1.22. The Labute approximate surface area is 107 Å². The van der Waals surface area contributed by atoms with Crippen molar-refractivity contribution in [1.29, 1.82) is 0 Å². The number of carbonyl (C=O) groups excluding carboxylic acids is 1. The largest absolute Gasteiger partial charge is 0.303 e. The van der Waals surface area contributed by atoms with E-state index in [9.17, 15) is 4.79 Å². The number of amides is 1. The monoisotopic (exact) mass is 258 g/mol. The molecule has 0 aliphatic heterocycles. The van der Waals surface area contributed by atoms with E-state index in [0.29, 0.717) is 10.8 Å². The number of aryl methyl sites for hydroxylation is 1. The lowest BCUT2D eigenvalue weighted by atomic mass is 10.3. The quantitative estimate of drug-likeness (QED) is 0.767. The Hall–Kier alpha value is -2.21. The number of thiazole rings is 1. The highest BCUT2D eigenvalue weighted by Crippen LogP contribution is 2.16. The number of imidazole rings is 1. The fraction of sp³-hybridized carbons (Fsp3) is 0.0833. The normalized spacial score (nSPS) is 10.7. The first kappa shape index (κ1) is 10.9. The van der Waals surface area contributed by atoms with Gasteiger partial charge < -0.3 is 4.40 Å². The van der Waals surface area contributed by atoms with Gasteiger partial charge in [-0.25, -0.2) is 9.97 Å². The topological polar surface area (TPSA) is 59.3 Å². The van der Waals surface area contributed by atoms with Crippen molar-refractivity contribution in [3.05, 3.63) is 47.5 Å². The van der Waals surface area contributed by atoms with Crippen LogP contribution in [-0.2, 0) is 0 Å². The molecule has 0 spiro atoms. The summed E-state index contributed by atoms with van der Waals surface area (Å²) in [6, 6.07) is 5.66. The molecule has 6 heteroatoms. The van der Waals surface area contributed by atoms with Crippen LogP contribution in [0.25, 0.3) is 5.52 Å². The van der Waals surface area contributed by atoms with Gasteiger partial charge in [-0.1, -0.05) is 6.07 Å². The fourth-order valence-electron chi connectivity index (χ4n) is 1.80. The smallest absolute Gasteiger partial charge is 0.278 e. The second kappa shape index (κ2) is 4.23. The van der Waals surface area contributed by atoms with Crippen LogP contribution < -0.4 is 5.32 Å². The van der Waals surface area contributed by atoms with Gasteiger partial charge in [-0.05, 0) is 19.1 Å². The van der Waals surface area contributed by atoms with Gasteiger partial charge in [0, 0.05) is 17.8 Å². The van der Waals surface area contributed by atoms with Crippen molar-refractivity contribution in [2.75, 3.05) is 5.32 Å². The van der Waals surface area contributed by atoms with Gasteiger partial charge in [-0.15, -0.1) is 11.3 Å². The lowest BCUT2D eigenvalue weighted by Crippen LogP contribution is -2.12. The van der Waals surface area contributed by atoms with Crippen LogP contribution in [0.3, 0.4) is 0 Å². The lowest BCUT2D eigenvalue weighted by Gasteiger charge is -1.99. The summed E-state index contributed by atoms with van der Waals surface area (Å²) in [6.07, 6.45) is 3.54. The molecule has 3 rings (SSSR count). The lowest BCUT2D eigenvalue weighted by molar-refractivity contribution is 0.102. The average Bonchev–Trinajstić information content (AvgIpc) is 2.98. The molecule has 0 fully saturated rings. The molecular formula is C12H10N4OS. The molecule has 1 amide bonds. The van der Waals surface area contributed by atoms with Crippen molar-refractivity contribution in [1.82, 2.24) is 14.4 Å². The Kier molecular flexibility index (Phi) is 2.56. The van der Waals surface area contributed by atoms with E-state index in [2.05, 4.69) is 15.3 Å². The van der Waals surface area contributed by atoms with Gasteiger partial charge in [0.25, 0.3) is 5.91 Å². The van der Waals surface area contributed by atoms with Crippen LogP contribution in [-0.4, -0.2) is 20.3 Å². The van der Waals surface area contributed by atoms with Crippen molar-refractivity contribution in [2.24, 2.45) is 0 Å². The van der Waals surface area contributed by atoms with E-state index in [0.717, 1.165) is 11.3 Å². The zero-order chi connectivity index (χ0) is 12.5. The van der Waals surface area contributed by atoms with Crippen molar-refractivity contribution in [2.45, 2.75) is 6.92 Å². The Balaban J connectivity index is 2.01. The summed E-state index contributed by atoms with van der Waals surface area (Å²) in [4.78, 5) is 20.4. The number of rotatable bonds is 2. The van der Waals surface area contributed by atoms with Crippen LogP contribution in [0.15, 0.2) is 36.0 Å². The molecule has 3 aromatic heterocycles. The van der Waals surface area contributed by atoms with Gasteiger partial charge in [0.05, 0.1) is 5.52 Å². The first-order chi connectivity index (χ1) is 8.75. The first-order valence-corrected chi connectivity index (χ1v) is 6.28. The number of fused-ring (bicyclic) bond motifs is 1. The number of nitrogens with zero attached hydrogens (tertiary/aromatic N) is 3. The van der Waals surface area contributed by atoms with E-state index in [1.54, 1.807) is 6.20 Å². The Bertz CT molecular complexity index is 702. The summed E-state index contributed by atoms with van der Waals surface area (Å²) in [5, 5.41) is 5.13. The Morgan fingerprint density at radius 1 is 1.44 bits per heavy atom. The van der Waals surface area contributed by atoms with E-state index < -0.39 is 0 Å². The highest BCUT2D eigenvalue weighted by molar-refractivity contribution is 7.13. The number of hydrogen-bond acceptors (Lipinski definition) is 4. The van der Waals surface area contributed by atoms with Crippen LogP contribution in [0.4, 0.5) is 5.13 Å². The molecule has 0 atom stereocenters. The van der Waals surface area contributed by atoms with E-state index in [-0.39, 0.29) is 5.91 Å². The molecule has 0 aliphatic rings. The molecule has 0 aliphatic carbocycles. The minimum Gasteiger partial charge on any atom is -0.303 e. The molecule has 0 radical (unpaired) electrons. The van der Waals surface area contributed by atoms with Gasteiger partial charge >= 0.3 is 0 Å². The van der Waals surface area contributed by atoms with Crippen LogP contribution in [0.5, 0.6) is 0 Å². The third-order valence-electron chi connectivity index (χ3n) is 2.59. The minimum atomic E-state index is -0.234. The molecule has 1 N–H and O–H groups in total. The summed E-state index contributed by atoms with van der Waals surface area (Å²) in [6.45, 7) is 1.87. The third-order valence-corrected chi connectivity index (χ3v) is 3.28. The minimum absolute atomic E-state index is 0.234. The number of anilines is 1. The van der Waals surface area contributed by atoms with Gasteiger partial charge in [-0.3, -0.25) is 10.1 Å². The maximum absolute atomic E-state index is 12.1. The van der Waals surface area contributed by atoms with E-state index in [4.69, 9.17) is 0 Å². The molecule has 0 unspecified atom stereocenters.